The second-order valence-corrected chi connectivity index (χ2v) is 6.12. The zero-order valence-corrected chi connectivity index (χ0v) is 15.3. The number of ether oxygens (including phenoxy) is 3. The quantitative estimate of drug-likeness (QED) is 0.877. The molecule has 2 aromatic carbocycles. The molecule has 26 heavy (non-hydrogen) atoms. The van der Waals surface area contributed by atoms with Crippen molar-refractivity contribution in [3.63, 3.8) is 0 Å². The maximum atomic E-state index is 12.8. The fourth-order valence-corrected chi connectivity index (χ4v) is 3.32. The number of benzene rings is 2. The number of hydrogen-bond donors (Lipinski definition) is 1. The molecule has 6 heteroatoms. The summed E-state index contributed by atoms with van der Waals surface area (Å²) in [5, 5.41) is 2.96. The highest BCUT2D eigenvalue weighted by Gasteiger charge is 2.32. The fourth-order valence-electron chi connectivity index (χ4n) is 3.32. The normalized spacial score (nSPS) is 16.3. The van der Waals surface area contributed by atoms with Crippen LogP contribution in [0.2, 0.25) is 0 Å². The lowest BCUT2D eigenvalue weighted by Gasteiger charge is -2.26. The van der Waals surface area contributed by atoms with Crippen LogP contribution in [-0.4, -0.2) is 38.8 Å². The molecule has 0 bridgehead atoms. The number of carbonyl (C=O) groups is 1. The van der Waals surface area contributed by atoms with E-state index in [1.54, 1.807) is 27.4 Å². The molecule has 0 aliphatic carbocycles. The minimum absolute atomic E-state index is 0.0264. The predicted molar refractivity (Wildman–Crippen MR) is 100 cm³/mol. The number of nitrogens with one attached hydrogen (secondary N) is 1. The Labute approximate surface area is 153 Å². The number of likely N-dealkylation sites (tertiary alicyclic amines) is 1. The van der Waals surface area contributed by atoms with E-state index in [4.69, 9.17) is 14.2 Å². The van der Waals surface area contributed by atoms with Gasteiger partial charge in [0.05, 0.1) is 27.4 Å². The van der Waals surface area contributed by atoms with Gasteiger partial charge in [0.15, 0.2) is 0 Å². The van der Waals surface area contributed by atoms with E-state index in [-0.39, 0.29) is 12.1 Å². The van der Waals surface area contributed by atoms with Crippen LogP contribution in [-0.2, 0) is 0 Å². The van der Waals surface area contributed by atoms with Crippen LogP contribution in [0.15, 0.2) is 42.5 Å². The van der Waals surface area contributed by atoms with Crippen molar-refractivity contribution in [1.29, 1.82) is 0 Å². The third-order valence-corrected chi connectivity index (χ3v) is 4.63. The number of anilines is 1. The van der Waals surface area contributed by atoms with Crippen molar-refractivity contribution in [2.75, 3.05) is 33.2 Å². The summed E-state index contributed by atoms with van der Waals surface area (Å²) in [7, 11) is 4.86. The first-order valence-electron chi connectivity index (χ1n) is 8.60. The number of carbonyl (C=O) groups excluding carboxylic acids is 1. The molecule has 1 unspecified atom stereocenters. The van der Waals surface area contributed by atoms with Gasteiger partial charge in [-0.05, 0) is 37.1 Å². The van der Waals surface area contributed by atoms with Crippen molar-refractivity contribution in [2.45, 2.75) is 18.9 Å². The molecular formula is C20H24N2O4. The van der Waals surface area contributed by atoms with Gasteiger partial charge in [0.25, 0.3) is 0 Å². The predicted octanol–water partition coefficient (Wildman–Crippen LogP) is 4.08. The summed E-state index contributed by atoms with van der Waals surface area (Å²) < 4.78 is 16.0. The van der Waals surface area contributed by atoms with Crippen LogP contribution in [0, 0.1) is 0 Å². The average Bonchev–Trinajstić information content (AvgIpc) is 3.17. The lowest BCUT2D eigenvalue weighted by Crippen LogP contribution is -2.34. The molecule has 1 heterocycles. The Bertz CT molecular complexity index is 778. The van der Waals surface area contributed by atoms with E-state index in [0.29, 0.717) is 18.0 Å². The van der Waals surface area contributed by atoms with E-state index in [2.05, 4.69) is 5.32 Å². The Kier molecular flexibility index (Phi) is 5.51. The number of nitrogens with zero attached hydrogens (tertiary/aromatic N) is 1. The Balaban J connectivity index is 1.80. The van der Waals surface area contributed by atoms with Gasteiger partial charge in [-0.2, -0.15) is 0 Å². The monoisotopic (exact) mass is 356 g/mol. The molecule has 2 aromatic rings. The van der Waals surface area contributed by atoms with Crippen LogP contribution in [0.25, 0.3) is 0 Å². The fraction of sp³-hybridized carbons (Fsp3) is 0.350. The van der Waals surface area contributed by atoms with Crippen LogP contribution in [0.1, 0.15) is 24.4 Å². The highest BCUT2D eigenvalue weighted by Crippen LogP contribution is 2.39. The van der Waals surface area contributed by atoms with Crippen molar-refractivity contribution in [3.8, 4) is 17.2 Å². The second-order valence-electron chi connectivity index (χ2n) is 6.12. The van der Waals surface area contributed by atoms with Crippen molar-refractivity contribution < 1.29 is 19.0 Å². The minimum atomic E-state index is -0.126. The maximum Gasteiger partial charge on any atom is 0.322 e. The standard InChI is InChI=1S/C20H24N2O4/c1-24-15-7-4-6-14(12-15)21-20(23)22-11-5-8-18(22)17-10-9-16(25-2)13-19(17)26-3/h4,6-7,9-10,12-13,18H,5,8,11H2,1-3H3,(H,21,23). The first-order chi connectivity index (χ1) is 12.7. The van der Waals surface area contributed by atoms with Crippen molar-refractivity contribution >= 4 is 11.7 Å². The van der Waals surface area contributed by atoms with E-state index < -0.39 is 0 Å². The number of urea groups is 1. The Hall–Kier alpha value is -2.89. The first kappa shape index (κ1) is 17.9. The van der Waals surface area contributed by atoms with E-state index in [1.165, 1.54) is 0 Å². The van der Waals surface area contributed by atoms with Gasteiger partial charge in [-0.3, -0.25) is 0 Å². The van der Waals surface area contributed by atoms with Crippen molar-refractivity contribution in [3.05, 3.63) is 48.0 Å². The van der Waals surface area contributed by atoms with Gasteiger partial charge < -0.3 is 24.4 Å². The molecule has 138 valence electrons. The highest BCUT2D eigenvalue weighted by molar-refractivity contribution is 5.90. The molecule has 1 aliphatic rings. The summed E-state index contributed by atoms with van der Waals surface area (Å²) in [5.74, 6) is 2.17. The van der Waals surface area contributed by atoms with E-state index in [0.717, 1.165) is 29.9 Å². The average molecular weight is 356 g/mol. The number of methoxy groups -OCH3 is 3. The van der Waals surface area contributed by atoms with Gasteiger partial charge in [-0.1, -0.05) is 6.07 Å². The van der Waals surface area contributed by atoms with Gasteiger partial charge in [-0.25, -0.2) is 4.79 Å². The SMILES string of the molecule is COc1cccc(NC(=O)N2CCCC2c2ccc(OC)cc2OC)c1. The van der Waals surface area contributed by atoms with E-state index >= 15 is 0 Å². The molecule has 0 aromatic heterocycles. The van der Waals surface area contributed by atoms with Crippen LogP contribution in [0.5, 0.6) is 17.2 Å². The number of amides is 2. The molecule has 1 atom stereocenters. The van der Waals surface area contributed by atoms with Gasteiger partial charge in [0.1, 0.15) is 17.2 Å². The van der Waals surface area contributed by atoms with Gasteiger partial charge >= 0.3 is 6.03 Å². The molecule has 1 N–H and O–H groups in total. The third kappa shape index (κ3) is 3.69. The summed E-state index contributed by atoms with van der Waals surface area (Å²) in [6.45, 7) is 0.704. The zero-order chi connectivity index (χ0) is 18.5. The van der Waals surface area contributed by atoms with E-state index in [9.17, 15) is 4.79 Å². The first-order valence-corrected chi connectivity index (χ1v) is 8.60. The Morgan fingerprint density at radius 1 is 1.04 bits per heavy atom. The maximum absolute atomic E-state index is 12.8. The van der Waals surface area contributed by atoms with Crippen LogP contribution < -0.4 is 19.5 Å². The molecule has 1 aliphatic heterocycles. The zero-order valence-electron chi connectivity index (χ0n) is 15.3. The van der Waals surface area contributed by atoms with Crippen LogP contribution in [0.4, 0.5) is 10.5 Å². The minimum Gasteiger partial charge on any atom is -0.497 e. The smallest absolute Gasteiger partial charge is 0.322 e. The lowest BCUT2D eigenvalue weighted by molar-refractivity contribution is 0.206. The Morgan fingerprint density at radius 3 is 2.54 bits per heavy atom. The Morgan fingerprint density at radius 2 is 1.81 bits per heavy atom. The molecule has 0 saturated carbocycles. The van der Waals surface area contributed by atoms with Gasteiger partial charge in [0, 0.05) is 29.9 Å². The van der Waals surface area contributed by atoms with Gasteiger partial charge in [-0.15, -0.1) is 0 Å². The van der Waals surface area contributed by atoms with E-state index in [1.807, 2.05) is 41.3 Å². The van der Waals surface area contributed by atoms with Crippen molar-refractivity contribution in [2.24, 2.45) is 0 Å². The van der Waals surface area contributed by atoms with Crippen LogP contribution in [0.3, 0.4) is 0 Å². The molecule has 1 fully saturated rings. The van der Waals surface area contributed by atoms with Gasteiger partial charge in [0.2, 0.25) is 0 Å². The summed E-state index contributed by atoms with van der Waals surface area (Å²) in [4.78, 5) is 14.7. The van der Waals surface area contributed by atoms with Crippen molar-refractivity contribution in [1.82, 2.24) is 4.90 Å². The molecular weight excluding hydrogens is 332 g/mol. The lowest BCUT2D eigenvalue weighted by atomic mass is 10.0. The highest BCUT2D eigenvalue weighted by atomic mass is 16.5. The molecule has 2 amide bonds. The summed E-state index contributed by atoms with van der Waals surface area (Å²) in [5.41, 5.74) is 1.70. The third-order valence-electron chi connectivity index (χ3n) is 4.63. The molecule has 0 spiro atoms. The molecule has 1 saturated heterocycles. The number of rotatable bonds is 5. The summed E-state index contributed by atoms with van der Waals surface area (Å²) in [6, 6.07) is 12.9. The topological polar surface area (TPSA) is 60.0 Å². The number of hydrogen-bond acceptors (Lipinski definition) is 4. The molecule has 3 rings (SSSR count). The largest absolute Gasteiger partial charge is 0.497 e. The van der Waals surface area contributed by atoms with Crippen LogP contribution >= 0.6 is 0 Å². The summed E-state index contributed by atoms with van der Waals surface area (Å²) in [6.07, 6.45) is 1.85. The molecule has 0 radical (unpaired) electrons. The molecule has 6 nitrogen and oxygen atoms in total. The summed E-state index contributed by atoms with van der Waals surface area (Å²) >= 11 is 0. The second kappa shape index (κ2) is 7.99.